The molecule has 28 heavy (non-hydrogen) atoms. The van der Waals surface area contributed by atoms with E-state index in [1.807, 2.05) is 12.1 Å². The monoisotopic (exact) mass is 389 g/mol. The highest BCUT2D eigenvalue weighted by Gasteiger charge is 2.29. The van der Waals surface area contributed by atoms with Crippen LogP contribution < -0.4 is 5.32 Å². The Bertz CT molecular complexity index is 782. The third-order valence-electron chi connectivity index (χ3n) is 3.69. The topological polar surface area (TPSA) is 144 Å². The van der Waals surface area contributed by atoms with Crippen LogP contribution in [0.3, 0.4) is 0 Å². The van der Waals surface area contributed by atoms with Crippen LogP contribution in [0.2, 0.25) is 0 Å². The van der Waals surface area contributed by atoms with E-state index in [1.54, 1.807) is 0 Å². The fourth-order valence-corrected chi connectivity index (χ4v) is 2.06. The van der Waals surface area contributed by atoms with Gasteiger partial charge in [0.1, 0.15) is 0 Å². The molecule has 0 aliphatic carbocycles. The Labute approximate surface area is 162 Å². The van der Waals surface area contributed by atoms with Gasteiger partial charge in [0.15, 0.2) is 12.2 Å². The van der Waals surface area contributed by atoms with Crippen LogP contribution in [0, 0.1) is 6.92 Å². The molecule has 0 saturated heterocycles. The molecule has 2 rings (SSSR count). The minimum Gasteiger partial charge on any atom is -0.479 e. The van der Waals surface area contributed by atoms with Crippen molar-refractivity contribution in [3.8, 4) is 11.1 Å². The third-order valence-corrected chi connectivity index (χ3v) is 3.69. The molecule has 2 atom stereocenters. The van der Waals surface area contributed by atoms with Crippen molar-refractivity contribution < 1.29 is 34.8 Å². The van der Waals surface area contributed by atoms with Crippen molar-refractivity contribution in [1.29, 1.82) is 0 Å². The molecule has 5 N–H and O–H groups in total. The zero-order chi connectivity index (χ0) is 21.3. The number of aliphatic carboxylic acids is 2. The molecular formula is C20H23NO7. The van der Waals surface area contributed by atoms with Gasteiger partial charge in [-0.2, -0.15) is 0 Å². The molecule has 0 fully saturated rings. The quantitative estimate of drug-likeness (QED) is 0.499. The Morgan fingerprint density at radius 2 is 1.21 bits per heavy atom. The number of rotatable bonds is 6. The van der Waals surface area contributed by atoms with E-state index in [0.717, 1.165) is 5.56 Å². The molecule has 2 aromatic carbocycles. The highest BCUT2D eigenvalue weighted by molar-refractivity contribution is 5.83. The number of nitrogens with one attached hydrogen (secondary N) is 1. The SMILES string of the molecule is CC(=O)NCc1ccc(-c2ccc(C)cc2)cc1.O=C(O)C(O)C(O)C(=O)O. The molecule has 0 radical (unpaired) electrons. The van der Waals surface area contributed by atoms with Gasteiger partial charge in [0.2, 0.25) is 5.91 Å². The summed E-state index contributed by atoms with van der Waals surface area (Å²) in [6.45, 7) is 4.20. The van der Waals surface area contributed by atoms with E-state index in [2.05, 4.69) is 48.6 Å². The van der Waals surface area contributed by atoms with E-state index in [4.69, 9.17) is 20.4 Å². The molecule has 150 valence electrons. The van der Waals surface area contributed by atoms with Crippen molar-refractivity contribution >= 4 is 17.8 Å². The first-order valence-electron chi connectivity index (χ1n) is 8.34. The van der Waals surface area contributed by atoms with Crippen LogP contribution in [0.1, 0.15) is 18.1 Å². The second kappa shape index (κ2) is 10.8. The average molecular weight is 389 g/mol. The molecule has 2 aromatic rings. The predicted molar refractivity (Wildman–Crippen MR) is 101 cm³/mol. The van der Waals surface area contributed by atoms with Crippen LogP contribution >= 0.6 is 0 Å². The van der Waals surface area contributed by atoms with Gasteiger partial charge in [0.25, 0.3) is 0 Å². The lowest BCUT2D eigenvalue weighted by molar-refractivity contribution is -0.165. The van der Waals surface area contributed by atoms with Gasteiger partial charge in [-0.1, -0.05) is 54.1 Å². The van der Waals surface area contributed by atoms with Crippen molar-refractivity contribution in [1.82, 2.24) is 5.32 Å². The number of aliphatic hydroxyl groups is 2. The highest BCUT2D eigenvalue weighted by Crippen LogP contribution is 2.20. The number of hydrogen-bond donors (Lipinski definition) is 5. The highest BCUT2D eigenvalue weighted by atomic mass is 16.4. The number of carboxylic acid groups (broad SMARTS) is 2. The van der Waals surface area contributed by atoms with E-state index in [-0.39, 0.29) is 5.91 Å². The van der Waals surface area contributed by atoms with Gasteiger partial charge in [-0.15, -0.1) is 0 Å². The second-order valence-corrected chi connectivity index (χ2v) is 6.04. The first kappa shape index (κ1) is 22.8. The van der Waals surface area contributed by atoms with Gasteiger partial charge in [0.05, 0.1) is 0 Å². The molecule has 8 nitrogen and oxygen atoms in total. The molecule has 1 amide bonds. The summed E-state index contributed by atoms with van der Waals surface area (Å²) in [6, 6.07) is 16.7. The minimum atomic E-state index is -2.27. The summed E-state index contributed by atoms with van der Waals surface area (Å²) < 4.78 is 0. The normalized spacial score (nSPS) is 12.1. The lowest BCUT2D eigenvalue weighted by Crippen LogP contribution is -2.39. The molecule has 0 aliphatic heterocycles. The fourth-order valence-electron chi connectivity index (χ4n) is 2.06. The fraction of sp³-hybridized carbons (Fsp3) is 0.250. The number of carbonyl (C=O) groups excluding carboxylic acids is 1. The van der Waals surface area contributed by atoms with Crippen molar-refractivity contribution in [2.24, 2.45) is 0 Å². The molecule has 0 aromatic heterocycles. The van der Waals surface area contributed by atoms with Crippen molar-refractivity contribution in [2.45, 2.75) is 32.6 Å². The van der Waals surface area contributed by atoms with E-state index in [0.29, 0.717) is 6.54 Å². The summed E-state index contributed by atoms with van der Waals surface area (Å²) in [5.41, 5.74) is 4.79. The Balaban J connectivity index is 0.000000336. The van der Waals surface area contributed by atoms with Crippen LogP contribution in [0.25, 0.3) is 11.1 Å². The maximum atomic E-state index is 10.8. The molecular weight excluding hydrogens is 366 g/mol. The Kier molecular flexibility index (Phi) is 8.80. The first-order chi connectivity index (χ1) is 13.1. The Morgan fingerprint density at radius 1 is 0.821 bits per heavy atom. The smallest absolute Gasteiger partial charge is 0.335 e. The van der Waals surface area contributed by atoms with E-state index in [1.165, 1.54) is 23.6 Å². The maximum Gasteiger partial charge on any atom is 0.335 e. The summed E-state index contributed by atoms with van der Waals surface area (Å²) >= 11 is 0. The summed E-state index contributed by atoms with van der Waals surface area (Å²) in [6.07, 6.45) is -4.53. The maximum absolute atomic E-state index is 10.8. The number of carboxylic acids is 2. The Morgan fingerprint density at radius 3 is 1.57 bits per heavy atom. The molecule has 0 bridgehead atoms. The number of hydrogen-bond acceptors (Lipinski definition) is 5. The number of aliphatic hydroxyl groups excluding tert-OH is 2. The third kappa shape index (κ3) is 7.56. The van der Waals surface area contributed by atoms with Gasteiger partial charge < -0.3 is 25.7 Å². The number of carbonyl (C=O) groups is 3. The first-order valence-corrected chi connectivity index (χ1v) is 8.34. The second-order valence-electron chi connectivity index (χ2n) is 6.04. The lowest BCUT2D eigenvalue weighted by Gasteiger charge is -2.07. The van der Waals surface area contributed by atoms with Crippen LogP contribution in [0.5, 0.6) is 0 Å². The van der Waals surface area contributed by atoms with Gasteiger partial charge in [-0.05, 0) is 23.6 Å². The van der Waals surface area contributed by atoms with Crippen molar-refractivity contribution in [2.75, 3.05) is 0 Å². The van der Waals surface area contributed by atoms with Gasteiger partial charge in [0, 0.05) is 13.5 Å². The van der Waals surface area contributed by atoms with Crippen molar-refractivity contribution in [3.05, 3.63) is 59.7 Å². The number of amides is 1. The van der Waals surface area contributed by atoms with Gasteiger partial charge in [-0.25, -0.2) is 9.59 Å². The molecule has 0 saturated carbocycles. The van der Waals surface area contributed by atoms with Crippen LogP contribution in [0.15, 0.2) is 48.5 Å². The molecule has 2 unspecified atom stereocenters. The summed E-state index contributed by atoms with van der Waals surface area (Å²) in [5.74, 6) is -3.54. The largest absolute Gasteiger partial charge is 0.479 e. The molecule has 8 heteroatoms. The zero-order valence-corrected chi connectivity index (χ0v) is 15.5. The van der Waals surface area contributed by atoms with Crippen LogP contribution in [-0.4, -0.2) is 50.5 Å². The molecule has 0 spiro atoms. The molecule has 0 heterocycles. The standard InChI is InChI=1S/C16H17NO.C4H6O6/c1-12-3-7-15(8-4-12)16-9-5-14(6-10-16)11-17-13(2)18;5-1(3(7)8)2(6)4(9)10/h3-10H,11H2,1-2H3,(H,17,18);1-2,5-6H,(H,7,8)(H,9,10). The van der Waals surface area contributed by atoms with Crippen LogP contribution in [0.4, 0.5) is 0 Å². The van der Waals surface area contributed by atoms with Crippen LogP contribution in [-0.2, 0) is 20.9 Å². The van der Waals surface area contributed by atoms with Crippen molar-refractivity contribution in [3.63, 3.8) is 0 Å². The van der Waals surface area contributed by atoms with E-state index in [9.17, 15) is 14.4 Å². The summed E-state index contributed by atoms with van der Waals surface area (Å²) in [4.78, 5) is 30.4. The minimum absolute atomic E-state index is 0.00221. The summed E-state index contributed by atoms with van der Waals surface area (Å²) in [5, 5.41) is 35.3. The summed E-state index contributed by atoms with van der Waals surface area (Å²) in [7, 11) is 0. The number of benzene rings is 2. The average Bonchev–Trinajstić information content (AvgIpc) is 2.66. The number of aryl methyl sites for hydroxylation is 1. The zero-order valence-electron chi connectivity index (χ0n) is 15.5. The van der Waals surface area contributed by atoms with Gasteiger partial charge in [-0.3, -0.25) is 4.79 Å². The Hall–Kier alpha value is -3.23. The lowest BCUT2D eigenvalue weighted by atomic mass is 10.0. The van der Waals surface area contributed by atoms with E-state index < -0.39 is 24.1 Å². The predicted octanol–water partition coefficient (Wildman–Crippen LogP) is 1.18. The van der Waals surface area contributed by atoms with Gasteiger partial charge >= 0.3 is 11.9 Å². The van der Waals surface area contributed by atoms with E-state index >= 15 is 0 Å². The molecule has 0 aliphatic rings.